The molecule has 5 heteroatoms. The molecule has 5 rings (SSSR count). The van der Waals surface area contributed by atoms with Crippen molar-refractivity contribution in [1.82, 2.24) is 0 Å². The minimum atomic E-state index is -1.03. The third kappa shape index (κ3) is 2.97. The highest BCUT2D eigenvalue weighted by molar-refractivity contribution is 6.31. The number of rotatable bonds is 4. The Morgan fingerprint density at radius 1 is 0.968 bits per heavy atom. The van der Waals surface area contributed by atoms with Gasteiger partial charge in [-0.25, -0.2) is 4.79 Å². The average Bonchev–Trinajstić information content (AvgIpc) is 3.48. The molecule has 1 aliphatic carbocycles. The van der Waals surface area contributed by atoms with Crippen LogP contribution in [-0.4, -0.2) is 17.0 Å². The van der Waals surface area contributed by atoms with E-state index in [1.165, 1.54) is 30.5 Å². The van der Waals surface area contributed by atoms with Gasteiger partial charge in [-0.1, -0.05) is 48.9 Å². The number of hydrogen-bond donors (Lipinski definition) is 1. The molecule has 1 unspecified atom stereocenters. The van der Waals surface area contributed by atoms with Crippen molar-refractivity contribution < 1.29 is 14.7 Å². The maximum Gasteiger partial charge on any atom is 0.335 e. The second kappa shape index (κ2) is 6.69. The first-order valence-corrected chi connectivity index (χ1v) is 10.7. The number of carbonyl (C=O) groups is 2. The molecule has 31 heavy (non-hydrogen) atoms. The highest BCUT2D eigenvalue weighted by Crippen LogP contribution is 2.51. The molecule has 156 valence electrons. The zero-order valence-electron chi connectivity index (χ0n) is 17.4. The van der Waals surface area contributed by atoms with Gasteiger partial charge in [0.1, 0.15) is 0 Å². The molecule has 0 bridgehead atoms. The van der Waals surface area contributed by atoms with E-state index < -0.39 is 11.4 Å². The number of hydrogen-bond acceptors (Lipinski definition) is 2. The summed E-state index contributed by atoms with van der Waals surface area (Å²) >= 11 is 6.33. The number of fused-ring (bicyclic) bond motifs is 1. The normalized spacial score (nSPS) is 21.1. The number of carboxylic acids is 1. The van der Waals surface area contributed by atoms with Crippen molar-refractivity contribution in [2.45, 2.75) is 37.5 Å². The second-order valence-corrected chi connectivity index (χ2v) is 9.36. The molecule has 0 spiro atoms. The first kappa shape index (κ1) is 19.8. The van der Waals surface area contributed by atoms with E-state index in [1.807, 2.05) is 31.2 Å². The van der Waals surface area contributed by atoms with Crippen LogP contribution in [0, 0.1) is 0 Å². The molecule has 1 heterocycles. The Bertz CT molecular complexity index is 1230. The van der Waals surface area contributed by atoms with Crippen molar-refractivity contribution in [3.05, 3.63) is 94.0 Å². The van der Waals surface area contributed by atoms with E-state index in [4.69, 9.17) is 11.6 Å². The van der Waals surface area contributed by atoms with Crippen molar-refractivity contribution in [3.63, 3.8) is 0 Å². The van der Waals surface area contributed by atoms with Gasteiger partial charge in [-0.3, -0.25) is 9.69 Å². The number of amides is 1. The van der Waals surface area contributed by atoms with E-state index in [0.29, 0.717) is 10.7 Å². The Kier molecular flexibility index (Phi) is 4.28. The Balaban J connectivity index is 1.65. The molecule has 1 fully saturated rings. The summed E-state index contributed by atoms with van der Waals surface area (Å²) in [6.45, 7) is 4.18. The van der Waals surface area contributed by atoms with Crippen LogP contribution in [0.2, 0.25) is 5.02 Å². The molecule has 2 aliphatic rings. The van der Waals surface area contributed by atoms with E-state index in [1.54, 1.807) is 23.1 Å². The predicted molar refractivity (Wildman–Crippen MR) is 121 cm³/mol. The fraction of sp³-hybridized carbons (Fsp3) is 0.231. The zero-order valence-corrected chi connectivity index (χ0v) is 18.1. The van der Waals surface area contributed by atoms with Crippen LogP contribution in [0.4, 0.5) is 11.4 Å². The highest BCUT2D eigenvalue weighted by atomic mass is 35.5. The third-order valence-corrected chi connectivity index (χ3v) is 7.11. The largest absolute Gasteiger partial charge is 0.478 e. The van der Waals surface area contributed by atoms with E-state index in [-0.39, 0.29) is 16.9 Å². The fourth-order valence-electron chi connectivity index (χ4n) is 4.55. The molecule has 4 nitrogen and oxygen atoms in total. The van der Waals surface area contributed by atoms with Gasteiger partial charge in [-0.15, -0.1) is 0 Å². The number of aromatic carboxylic acids is 1. The second-order valence-electron chi connectivity index (χ2n) is 8.92. The molecular formula is C26H22ClNO3. The molecule has 1 amide bonds. The topological polar surface area (TPSA) is 57.6 Å². The number of carbonyl (C=O) groups excluding carboxylic acids is 1. The summed E-state index contributed by atoms with van der Waals surface area (Å²) in [7, 11) is 0. The minimum Gasteiger partial charge on any atom is -0.478 e. The Morgan fingerprint density at radius 3 is 2.29 bits per heavy atom. The third-order valence-electron chi connectivity index (χ3n) is 6.88. The Hall–Kier alpha value is -3.11. The quantitative estimate of drug-likeness (QED) is 0.545. The van der Waals surface area contributed by atoms with E-state index in [9.17, 15) is 14.7 Å². The van der Waals surface area contributed by atoms with E-state index in [2.05, 4.69) is 19.1 Å². The number of nitrogens with zero attached hydrogens (tertiary/aromatic N) is 1. The molecule has 0 saturated heterocycles. The maximum atomic E-state index is 13.9. The van der Waals surface area contributed by atoms with Gasteiger partial charge in [0.2, 0.25) is 5.91 Å². The van der Waals surface area contributed by atoms with Crippen LogP contribution in [0.15, 0.2) is 66.7 Å². The van der Waals surface area contributed by atoms with Gasteiger partial charge >= 0.3 is 5.97 Å². The van der Waals surface area contributed by atoms with Crippen LogP contribution >= 0.6 is 11.6 Å². The summed E-state index contributed by atoms with van der Waals surface area (Å²) in [5.74, 6) is -1.16. The van der Waals surface area contributed by atoms with E-state index in [0.717, 1.165) is 16.8 Å². The smallest absolute Gasteiger partial charge is 0.335 e. The summed E-state index contributed by atoms with van der Waals surface area (Å²) in [4.78, 5) is 27.0. The monoisotopic (exact) mass is 431 g/mol. The van der Waals surface area contributed by atoms with Crippen LogP contribution in [-0.2, 0) is 15.6 Å². The van der Waals surface area contributed by atoms with Crippen molar-refractivity contribution >= 4 is 34.9 Å². The Morgan fingerprint density at radius 2 is 1.65 bits per heavy atom. The lowest BCUT2D eigenvalue weighted by Crippen LogP contribution is -2.36. The van der Waals surface area contributed by atoms with Crippen LogP contribution in [0.1, 0.15) is 53.7 Å². The molecule has 1 aliphatic heterocycles. The van der Waals surface area contributed by atoms with Gasteiger partial charge in [0.25, 0.3) is 0 Å². The molecule has 0 aromatic heterocycles. The lowest BCUT2D eigenvalue weighted by molar-refractivity contribution is -0.120. The van der Waals surface area contributed by atoms with Gasteiger partial charge in [-0.05, 0) is 78.3 Å². The minimum absolute atomic E-state index is 0.127. The van der Waals surface area contributed by atoms with Gasteiger partial charge in [0, 0.05) is 10.7 Å². The SMILES string of the molecule is CC1(c2ccc(C3(C)C(=O)N(c4cccc(C(=O)O)c4)c4ccc(Cl)cc43)cc2)CC1. The summed E-state index contributed by atoms with van der Waals surface area (Å²) in [6.07, 6.45) is 2.38. The van der Waals surface area contributed by atoms with E-state index >= 15 is 0 Å². The standard InChI is InChI=1S/C26H22ClNO3/c1-25(12-13-25)17-6-8-18(9-7-17)26(2)21-15-19(27)10-11-22(21)28(24(26)31)20-5-3-4-16(14-20)23(29)30/h3-11,14-15H,12-13H2,1-2H3,(H,29,30). The average molecular weight is 432 g/mol. The molecule has 0 radical (unpaired) electrons. The van der Waals surface area contributed by atoms with Crippen LogP contribution in [0.3, 0.4) is 0 Å². The molecule has 3 aromatic carbocycles. The highest BCUT2D eigenvalue weighted by Gasteiger charge is 2.49. The fourth-order valence-corrected chi connectivity index (χ4v) is 4.72. The molecular weight excluding hydrogens is 410 g/mol. The lowest BCUT2D eigenvalue weighted by atomic mass is 9.76. The summed E-state index contributed by atoms with van der Waals surface area (Å²) in [5.41, 5.74) is 3.71. The van der Waals surface area contributed by atoms with Crippen LogP contribution < -0.4 is 4.90 Å². The first-order valence-electron chi connectivity index (χ1n) is 10.3. The van der Waals surface area contributed by atoms with Gasteiger partial charge in [0.05, 0.1) is 16.7 Å². The predicted octanol–water partition coefficient (Wildman–Crippen LogP) is 6.07. The van der Waals surface area contributed by atoms with Crippen molar-refractivity contribution in [2.24, 2.45) is 0 Å². The number of halogens is 1. The van der Waals surface area contributed by atoms with Gasteiger partial charge < -0.3 is 5.11 Å². The van der Waals surface area contributed by atoms with Crippen molar-refractivity contribution in [3.8, 4) is 0 Å². The number of anilines is 2. The first-order chi connectivity index (χ1) is 14.7. The van der Waals surface area contributed by atoms with Crippen molar-refractivity contribution in [1.29, 1.82) is 0 Å². The molecule has 1 saturated carbocycles. The zero-order chi connectivity index (χ0) is 22.0. The summed E-state index contributed by atoms with van der Waals surface area (Å²) in [6, 6.07) is 20.2. The molecule has 3 aromatic rings. The summed E-state index contributed by atoms with van der Waals surface area (Å²) < 4.78 is 0. The van der Waals surface area contributed by atoms with Gasteiger partial charge in [-0.2, -0.15) is 0 Å². The van der Waals surface area contributed by atoms with Crippen LogP contribution in [0.5, 0.6) is 0 Å². The van der Waals surface area contributed by atoms with Crippen LogP contribution in [0.25, 0.3) is 0 Å². The number of benzene rings is 3. The van der Waals surface area contributed by atoms with Gasteiger partial charge in [0.15, 0.2) is 0 Å². The molecule has 1 N–H and O–H groups in total. The lowest BCUT2D eigenvalue weighted by Gasteiger charge is -2.26. The molecule has 1 atom stereocenters. The summed E-state index contributed by atoms with van der Waals surface area (Å²) in [5, 5.41) is 9.96. The maximum absolute atomic E-state index is 13.9. The Labute approximate surface area is 186 Å². The van der Waals surface area contributed by atoms with Crippen molar-refractivity contribution in [2.75, 3.05) is 4.90 Å². The number of carboxylic acid groups (broad SMARTS) is 1.